The Kier molecular flexibility index (Phi) is 5.50. The smallest absolute Gasteiger partial charge is 0.324 e. The quantitative estimate of drug-likeness (QED) is 0.345. The summed E-state index contributed by atoms with van der Waals surface area (Å²) >= 11 is 6.09. The summed E-state index contributed by atoms with van der Waals surface area (Å²) in [6.07, 6.45) is 1.48. The molecule has 0 fully saturated rings. The lowest BCUT2D eigenvalue weighted by molar-refractivity contribution is 0.262. The van der Waals surface area contributed by atoms with Gasteiger partial charge in [0.15, 0.2) is 0 Å². The number of rotatable bonds is 4. The van der Waals surface area contributed by atoms with Crippen molar-refractivity contribution in [2.24, 2.45) is 0 Å². The minimum absolute atomic E-state index is 0.117. The molecule has 0 bridgehead atoms. The van der Waals surface area contributed by atoms with Crippen LogP contribution >= 0.6 is 11.6 Å². The molecule has 4 aromatic rings. The number of nitrogens with one attached hydrogen (secondary N) is 3. The van der Waals surface area contributed by atoms with Gasteiger partial charge < -0.3 is 16.0 Å². The van der Waals surface area contributed by atoms with E-state index in [4.69, 9.17) is 17.3 Å². The van der Waals surface area contributed by atoms with Gasteiger partial charge in [0.25, 0.3) is 0 Å². The second kappa shape index (κ2) is 8.41. The number of amides is 2. The van der Waals surface area contributed by atoms with Gasteiger partial charge in [0.2, 0.25) is 0 Å². The van der Waals surface area contributed by atoms with Gasteiger partial charge in [-0.2, -0.15) is 0 Å². The highest BCUT2D eigenvalue weighted by Crippen LogP contribution is 2.33. The summed E-state index contributed by atoms with van der Waals surface area (Å²) < 4.78 is 27.1. The van der Waals surface area contributed by atoms with Crippen LogP contribution in [0.5, 0.6) is 0 Å². The molecule has 4 rings (SSSR count). The predicted molar refractivity (Wildman–Crippen MR) is 116 cm³/mol. The van der Waals surface area contributed by atoms with Crippen molar-refractivity contribution < 1.29 is 13.6 Å². The number of nitrogens with zero attached hydrogens (tertiary/aromatic N) is 2. The van der Waals surface area contributed by atoms with E-state index in [2.05, 4.69) is 25.6 Å². The first-order valence-corrected chi connectivity index (χ1v) is 9.38. The zero-order chi connectivity index (χ0) is 22.0. The first-order valence-electron chi connectivity index (χ1n) is 9.00. The highest BCUT2D eigenvalue weighted by Gasteiger charge is 2.17. The number of hydrogen-bond acceptors (Lipinski definition) is 4. The maximum absolute atomic E-state index is 14.2. The summed E-state index contributed by atoms with van der Waals surface area (Å²) in [5, 5.41) is 5.33. The largest absolute Gasteiger partial charge is 0.382 e. The summed E-state index contributed by atoms with van der Waals surface area (Å²) in [6.45, 7) is 0. The van der Waals surface area contributed by atoms with Gasteiger partial charge in [-0.05, 0) is 48.5 Å². The van der Waals surface area contributed by atoms with Crippen LogP contribution < -0.4 is 16.4 Å². The first kappa shape index (κ1) is 20.3. The van der Waals surface area contributed by atoms with Crippen molar-refractivity contribution in [3.05, 3.63) is 77.5 Å². The van der Waals surface area contributed by atoms with Gasteiger partial charge in [-0.3, -0.25) is 5.32 Å². The molecule has 0 aliphatic heterocycles. The first-order chi connectivity index (χ1) is 14.9. The molecule has 0 unspecified atom stereocenters. The van der Waals surface area contributed by atoms with Crippen LogP contribution in [0.15, 0.2) is 60.8 Å². The zero-order valence-corrected chi connectivity index (χ0v) is 16.5. The molecule has 2 amide bonds. The van der Waals surface area contributed by atoms with Crippen molar-refractivity contribution in [2.75, 3.05) is 16.4 Å². The molecule has 10 heteroatoms. The Morgan fingerprint density at radius 1 is 1.03 bits per heavy atom. The maximum Gasteiger partial charge on any atom is 0.324 e. The number of aromatic nitrogens is 3. The molecule has 7 nitrogen and oxygen atoms in total. The van der Waals surface area contributed by atoms with Crippen LogP contribution in [-0.2, 0) is 0 Å². The number of carbonyl (C=O) groups is 1. The number of imidazole rings is 1. The number of nitrogen functional groups attached to an aromatic ring is 1. The number of hydrogen-bond donors (Lipinski definition) is 4. The molecule has 0 saturated carbocycles. The molecule has 0 saturated heterocycles. The number of pyridine rings is 1. The third-order valence-electron chi connectivity index (χ3n) is 4.33. The molecule has 0 spiro atoms. The van der Waals surface area contributed by atoms with E-state index in [0.29, 0.717) is 16.9 Å². The van der Waals surface area contributed by atoms with Gasteiger partial charge in [0, 0.05) is 17.4 Å². The van der Waals surface area contributed by atoms with Gasteiger partial charge in [-0.15, -0.1) is 0 Å². The second-order valence-corrected chi connectivity index (χ2v) is 6.87. The Morgan fingerprint density at radius 3 is 2.48 bits per heavy atom. The molecule has 0 aliphatic carbocycles. The van der Waals surface area contributed by atoms with E-state index >= 15 is 0 Å². The van der Waals surface area contributed by atoms with Crippen molar-refractivity contribution in [3.63, 3.8) is 0 Å². The average molecular weight is 441 g/mol. The molecule has 156 valence electrons. The number of aromatic amines is 1. The van der Waals surface area contributed by atoms with Gasteiger partial charge in [-0.25, -0.2) is 23.5 Å². The Hall–Kier alpha value is -3.98. The summed E-state index contributed by atoms with van der Waals surface area (Å²) in [5.41, 5.74) is 7.54. The van der Waals surface area contributed by atoms with Crippen LogP contribution in [0.1, 0.15) is 0 Å². The molecule has 2 heterocycles. The molecule has 2 aromatic carbocycles. The number of urea groups is 1. The standard InChI is InChI=1S/C21H15ClF2N6O/c22-14-2-1-3-15(24)17(14)20-29-18(19(25)30-20)11-4-9-16(26-10-11)28-21(31)27-13-7-5-12(23)6-8-13/h1-10H,25H2,(H,29,30)(H2,26,27,28,31). The number of anilines is 3. The van der Waals surface area contributed by atoms with E-state index in [1.165, 1.54) is 42.6 Å². The molecular weight excluding hydrogens is 426 g/mol. The predicted octanol–water partition coefficient (Wildman–Crippen LogP) is 5.30. The Labute approximate surface area is 180 Å². The summed E-state index contributed by atoms with van der Waals surface area (Å²) in [5.74, 6) is -0.319. The van der Waals surface area contributed by atoms with Crippen molar-refractivity contribution in [3.8, 4) is 22.6 Å². The number of halogens is 3. The molecule has 31 heavy (non-hydrogen) atoms. The third-order valence-corrected chi connectivity index (χ3v) is 4.64. The van der Waals surface area contributed by atoms with E-state index in [0.717, 1.165) is 0 Å². The van der Waals surface area contributed by atoms with E-state index in [9.17, 15) is 13.6 Å². The lowest BCUT2D eigenvalue weighted by Gasteiger charge is -2.07. The van der Waals surface area contributed by atoms with E-state index in [-0.39, 0.29) is 28.0 Å². The number of carbonyl (C=O) groups excluding carboxylic acids is 1. The molecular formula is C21H15ClF2N6O. The molecule has 2 aromatic heterocycles. The van der Waals surface area contributed by atoms with E-state index in [1.807, 2.05) is 0 Å². The van der Waals surface area contributed by atoms with Crippen LogP contribution in [0, 0.1) is 11.6 Å². The van der Waals surface area contributed by atoms with Crippen molar-refractivity contribution in [1.82, 2.24) is 15.0 Å². The fourth-order valence-electron chi connectivity index (χ4n) is 2.88. The minimum Gasteiger partial charge on any atom is -0.382 e. The topological polar surface area (TPSA) is 109 Å². The van der Waals surface area contributed by atoms with Crippen LogP contribution in [0.25, 0.3) is 22.6 Å². The molecule has 0 atom stereocenters. The Balaban J connectivity index is 1.50. The van der Waals surface area contributed by atoms with E-state index < -0.39 is 17.7 Å². The maximum atomic E-state index is 14.2. The van der Waals surface area contributed by atoms with Gasteiger partial charge in [-0.1, -0.05) is 17.7 Å². The van der Waals surface area contributed by atoms with Crippen molar-refractivity contribution >= 4 is 35.0 Å². The normalized spacial score (nSPS) is 10.7. The van der Waals surface area contributed by atoms with Crippen molar-refractivity contribution in [2.45, 2.75) is 0 Å². The Bertz CT molecular complexity index is 1220. The fraction of sp³-hybridized carbons (Fsp3) is 0. The lowest BCUT2D eigenvalue weighted by atomic mass is 10.2. The monoisotopic (exact) mass is 440 g/mol. The van der Waals surface area contributed by atoms with Gasteiger partial charge in [0.1, 0.15) is 29.1 Å². The molecule has 0 aliphatic rings. The summed E-state index contributed by atoms with van der Waals surface area (Å²) in [4.78, 5) is 23.4. The number of nitrogens with two attached hydrogens (primary N) is 1. The zero-order valence-electron chi connectivity index (χ0n) is 15.8. The number of H-pyrrole nitrogens is 1. The summed E-state index contributed by atoms with van der Waals surface area (Å²) in [7, 11) is 0. The lowest BCUT2D eigenvalue weighted by Crippen LogP contribution is -2.20. The average Bonchev–Trinajstić information content (AvgIpc) is 3.11. The van der Waals surface area contributed by atoms with Gasteiger partial charge in [0.05, 0.1) is 16.3 Å². The SMILES string of the molecule is Nc1nc(-c2c(F)cccc2Cl)[nH]c1-c1ccc(NC(=O)Nc2ccc(F)cc2)nc1. The van der Waals surface area contributed by atoms with Crippen molar-refractivity contribution in [1.29, 1.82) is 0 Å². The minimum atomic E-state index is -0.538. The van der Waals surface area contributed by atoms with Crippen LogP contribution in [-0.4, -0.2) is 21.0 Å². The second-order valence-electron chi connectivity index (χ2n) is 6.46. The highest BCUT2D eigenvalue weighted by molar-refractivity contribution is 6.33. The van der Waals surface area contributed by atoms with E-state index in [1.54, 1.807) is 18.2 Å². The molecule has 5 N–H and O–H groups in total. The highest BCUT2D eigenvalue weighted by atomic mass is 35.5. The number of benzene rings is 2. The third kappa shape index (κ3) is 4.46. The summed E-state index contributed by atoms with van der Waals surface area (Å²) in [6, 6.07) is 12.4. The van der Waals surface area contributed by atoms with Gasteiger partial charge >= 0.3 is 6.03 Å². The van der Waals surface area contributed by atoms with Crippen LogP contribution in [0.3, 0.4) is 0 Å². The van der Waals surface area contributed by atoms with Crippen LogP contribution in [0.4, 0.5) is 30.9 Å². The Morgan fingerprint density at radius 2 is 1.81 bits per heavy atom. The van der Waals surface area contributed by atoms with Crippen LogP contribution in [0.2, 0.25) is 5.02 Å². The fourth-order valence-corrected chi connectivity index (χ4v) is 3.13. The molecule has 0 radical (unpaired) electrons.